The molecule has 0 unspecified atom stereocenters. The van der Waals surface area contributed by atoms with Gasteiger partial charge in [0.2, 0.25) is 0 Å². The molecule has 0 aliphatic carbocycles. The van der Waals surface area contributed by atoms with Gasteiger partial charge in [-0.05, 0) is 31.2 Å². The zero-order chi connectivity index (χ0) is 12.8. The van der Waals surface area contributed by atoms with Gasteiger partial charge in [-0.1, -0.05) is 36.4 Å². The predicted octanol–water partition coefficient (Wildman–Crippen LogP) is 4.40. The molecule has 2 aromatic rings. The summed E-state index contributed by atoms with van der Waals surface area (Å²) in [6.07, 6.45) is -0.366. The highest BCUT2D eigenvalue weighted by atomic mass is 35.5. The van der Waals surface area contributed by atoms with Crippen LogP contribution in [0, 0.1) is 0 Å². The summed E-state index contributed by atoms with van der Waals surface area (Å²) in [6, 6.07) is 18.9. The lowest BCUT2D eigenvalue weighted by atomic mass is 10.2. The smallest absolute Gasteiger partial charge is 0.418 e. The Morgan fingerprint density at radius 1 is 0.947 bits per heavy atom. The fourth-order valence-corrected chi connectivity index (χ4v) is 1.70. The molecule has 2 aromatic carbocycles. The van der Waals surface area contributed by atoms with Crippen molar-refractivity contribution < 1.29 is 9.53 Å². The molecule has 0 fully saturated rings. The van der Waals surface area contributed by atoms with E-state index in [2.05, 4.69) is 0 Å². The topological polar surface area (TPSA) is 29.5 Å². The third-order valence-corrected chi connectivity index (χ3v) is 2.48. The van der Waals surface area contributed by atoms with Gasteiger partial charge in [0.25, 0.3) is 0 Å². The van der Waals surface area contributed by atoms with E-state index in [4.69, 9.17) is 4.74 Å². The lowest BCUT2D eigenvalue weighted by Gasteiger charge is -2.21. The van der Waals surface area contributed by atoms with Crippen molar-refractivity contribution >= 4 is 29.9 Å². The van der Waals surface area contributed by atoms with Gasteiger partial charge in [0.05, 0.1) is 18.0 Å². The van der Waals surface area contributed by atoms with Gasteiger partial charge in [-0.15, -0.1) is 12.4 Å². The van der Waals surface area contributed by atoms with Gasteiger partial charge in [0.15, 0.2) is 0 Å². The molecule has 3 nitrogen and oxygen atoms in total. The second kappa shape index (κ2) is 7.44. The Morgan fingerprint density at radius 3 is 1.74 bits per heavy atom. The summed E-state index contributed by atoms with van der Waals surface area (Å²) in [5.74, 6) is 0. The van der Waals surface area contributed by atoms with E-state index in [9.17, 15) is 4.79 Å². The molecule has 0 aliphatic heterocycles. The van der Waals surface area contributed by atoms with E-state index >= 15 is 0 Å². The van der Waals surface area contributed by atoms with Crippen molar-refractivity contribution in [2.45, 2.75) is 6.92 Å². The first kappa shape index (κ1) is 15.1. The van der Waals surface area contributed by atoms with Gasteiger partial charge in [-0.25, -0.2) is 9.69 Å². The fourth-order valence-electron chi connectivity index (χ4n) is 1.70. The van der Waals surface area contributed by atoms with E-state index in [1.807, 2.05) is 60.7 Å². The molecule has 0 radical (unpaired) electrons. The van der Waals surface area contributed by atoms with Crippen molar-refractivity contribution in [3.8, 4) is 0 Å². The maximum Gasteiger partial charge on any atom is 0.418 e. The van der Waals surface area contributed by atoms with Crippen LogP contribution in [0.1, 0.15) is 6.92 Å². The van der Waals surface area contributed by atoms with E-state index in [-0.39, 0.29) is 18.5 Å². The molecule has 0 saturated carbocycles. The first-order valence-electron chi connectivity index (χ1n) is 5.90. The molecular formula is C15H16ClNO2. The van der Waals surface area contributed by atoms with Crippen LogP contribution in [0.5, 0.6) is 0 Å². The van der Waals surface area contributed by atoms with Crippen LogP contribution in [0.15, 0.2) is 60.7 Å². The summed E-state index contributed by atoms with van der Waals surface area (Å²) in [4.78, 5) is 13.6. The van der Waals surface area contributed by atoms with Crippen molar-refractivity contribution in [3.05, 3.63) is 60.7 Å². The highest BCUT2D eigenvalue weighted by Crippen LogP contribution is 2.25. The van der Waals surface area contributed by atoms with Crippen LogP contribution in [0.3, 0.4) is 0 Å². The minimum atomic E-state index is -0.366. The van der Waals surface area contributed by atoms with Crippen LogP contribution in [0.4, 0.5) is 16.2 Å². The van der Waals surface area contributed by atoms with Crippen molar-refractivity contribution in [2.24, 2.45) is 0 Å². The number of nitrogens with zero attached hydrogens (tertiary/aromatic N) is 1. The number of hydrogen-bond donors (Lipinski definition) is 0. The Morgan fingerprint density at radius 2 is 1.37 bits per heavy atom. The number of amides is 1. The third kappa shape index (κ3) is 3.73. The van der Waals surface area contributed by atoms with Gasteiger partial charge in [-0.2, -0.15) is 0 Å². The molecular weight excluding hydrogens is 262 g/mol. The Bertz CT molecular complexity index is 463. The molecule has 1 amide bonds. The van der Waals surface area contributed by atoms with E-state index in [0.717, 1.165) is 11.4 Å². The highest BCUT2D eigenvalue weighted by molar-refractivity contribution is 5.95. The van der Waals surface area contributed by atoms with E-state index < -0.39 is 0 Å². The molecule has 0 aliphatic rings. The summed E-state index contributed by atoms with van der Waals surface area (Å²) in [5, 5.41) is 0. The number of ether oxygens (including phenoxy) is 1. The van der Waals surface area contributed by atoms with E-state index in [1.165, 1.54) is 0 Å². The van der Waals surface area contributed by atoms with Crippen LogP contribution in [-0.4, -0.2) is 12.7 Å². The molecule has 0 spiro atoms. The third-order valence-electron chi connectivity index (χ3n) is 2.48. The fraction of sp³-hybridized carbons (Fsp3) is 0.133. The van der Waals surface area contributed by atoms with E-state index in [1.54, 1.807) is 11.8 Å². The maximum absolute atomic E-state index is 12.0. The normalized spacial score (nSPS) is 9.32. The molecule has 2 rings (SSSR count). The maximum atomic E-state index is 12.0. The SMILES string of the molecule is CCOC(=O)N(c1ccccc1)c1ccccc1.Cl. The zero-order valence-corrected chi connectivity index (χ0v) is 11.5. The lowest BCUT2D eigenvalue weighted by molar-refractivity contribution is 0.162. The summed E-state index contributed by atoms with van der Waals surface area (Å²) in [7, 11) is 0. The number of rotatable bonds is 3. The lowest BCUT2D eigenvalue weighted by Crippen LogP contribution is -2.26. The molecule has 0 bridgehead atoms. The number of anilines is 2. The molecule has 0 N–H and O–H groups in total. The Labute approximate surface area is 119 Å². The first-order valence-corrected chi connectivity index (χ1v) is 5.90. The monoisotopic (exact) mass is 277 g/mol. The summed E-state index contributed by atoms with van der Waals surface area (Å²) in [5.41, 5.74) is 1.59. The second-order valence-electron chi connectivity index (χ2n) is 3.71. The largest absolute Gasteiger partial charge is 0.449 e. The van der Waals surface area contributed by atoms with Crippen LogP contribution in [0.2, 0.25) is 0 Å². The average molecular weight is 278 g/mol. The number of hydrogen-bond acceptors (Lipinski definition) is 2. The molecule has 0 heterocycles. The summed E-state index contributed by atoms with van der Waals surface area (Å²) < 4.78 is 5.10. The van der Waals surface area contributed by atoms with Crippen molar-refractivity contribution in [2.75, 3.05) is 11.5 Å². The number of halogens is 1. The van der Waals surface area contributed by atoms with Gasteiger partial charge in [0, 0.05) is 0 Å². The number of para-hydroxylation sites is 2. The number of benzene rings is 2. The van der Waals surface area contributed by atoms with Gasteiger partial charge in [-0.3, -0.25) is 0 Å². The van der Waals surface area contributed by atoms with Gasteiger partial charge < -0.3 is 4.74 Å². The predicted molar refractivity (Wildman–Crippen MR) is 79.3 cm³/mol. The average Bonchev–Trinajstić information content (AvgIpc) is 2.42. The second-order valence-corrected chi connectivity index (χ2v) is 3.71. The zero-order valence-electron chi connectivity index (χ0n) is 10.7. The van der Waals surface area contributed by atoms with Crippen LogP contribution in [-0.2, 0) is 4.74 Å². The van der Waals surface area contributed by atoms with Gasteiger partial charge in [0.1, 0.15) is 0 Å². The van der Waals surface area contributed by atoms with Crippen LogP contribution < -0.4 is 4.90 Å². The highest BCUT2D eigenvalue weighted by Gasteiger charge is 2.18. The number of carbonyl (C=O) groups is 1. The van der Waals surface area contributed by atoms with Crippen molar-refractivity contribution in [1.29, 1.82) is 0 Å². The Kier molecular flexibility index (Phi) is 5.90. The molecule has 100 valence electrons. The van der Waals surface area contributed by atoms with Gasteiger partial charge >= 0.3 is 6.09 Å². The molecule has 0 aromatic heterocycles. The quantitative estimate of drug-likeness (QED) is 0.832. The molecule has 0 atom stereocenters. The van der Waals surface area contributed by atoms with E-state index in [0.29, 0.717) is 6.61 Å². The van der Waals surface area contributed by atoms with Crippen molar-refractivity contribution in [3.63, 3.8) is 0 Å². The molecule has 19 heavy (non-hydrogen) atoms. The standard InChI is InChI=1S/C15H15NO2.ClH/c1-2-18-15(17)16(13-9-5-3-6-10-13)14-11-7-4-8-12-14;/h3-12H,2H2,1H3;1H. The number of carbonyl (C=O) groups excluding carboxylic acids is 1. The minimum Gasteiger partial charge on any atom is -0.449 e. The van der Waals surface area contributed by atoms with Crippen molar-refractivity contribution in [1.82, 2.24) is 0 Å². The Hall–Kier alpha value is -2.00. The Balaban J connectivity index is 0.00000180. The molecule has 0 saturated heterocycles. The van der Waals surface area contributed by atoms with Crippen LogP contribution in [0.25, 0.3) is 0 Å². The first-order chi connectivity index (χ1) is 8.83. The molecule has 4 heteroatoms. The minimum absolute atomic E-state index is 0. The van der Waals surface area contributed by atoms with Crippen LogP contribution >= 0.6 is 12.4 Å². The summed E-state index contributed by atoms with van der Waals surface area (Å²) in [6.45, 7) is 2.15. The summed E-state index contributed by atoms with van der Waals surface area (Å²) >= 11 is 0.